The van der Waals surface area contributed by atoms with Gasteiger partial charge in [0, 0.05) is 23.9 Å². The molecule has 116 valence electrons. The molecule has 1 aliphatic carbocycles. The number of aliphatic hydroxyl groups excluding tert-OH is 1. The van der Waals surface area contributed by atoms with Crippen molar-refractivity contribution >= 4 is 17.4 Å². The highest BCUT2D eigenvalue weighted by Crippen LogP contribution is 2.39. The van der Waals surface area contributed by atoms with Gasteiger partial charge in [0.1, 0.15) is 5.82 Å². The molecule has 1 atom stereocenters. The molecule has 0 unspecified atom stereocenters. The average Bonchev–Trinajstić information content (AvgIpc) is 3.28. The SMILES string of the molecule is Cc1nnc(SC[C@@H](O)c2ccc([N+](=O)[O-])cc2)n1C1CC1. The van der Waals surface area contributed by atoms with Crippen molar-refractivity contribution in [3.8, 4) is 0 Å². The number of benzene rings is 1. The van der Waals surface area contributed by atoms with Crippen molar-refractivity contribution in [2.75, 3.05) is 5.75 Å². The number of non-ortho nitro benzene ring substituents is 1. The van der Waals surface area contributed by atoms with Gasteiger partial charge in [-0.3, -0.25) is 10.1 Å². The van der Waals surface area contributed by atoms with Crippen LogP contribution in [-0.4, -0.2) is 30.5 Å². The van der Waals surface area contributed by atoms with Crippen LogP contribution in [0.2, 0.25) is 0 Å². The molecule has 1 aliphatic rings. The van der Waals surface area contributed by atoms with E-state index >= 15 is 0 Å². The lowest BCUT2D eigenvalue weighted by Gasteiger charge is -2.11. The van der Waals surface area contributed by atoms with E-state index in [2.05, 4.69) is 14.8 Å². The second-order valence-electron chi connectivity index (χ2n) is 5.31. The largest absolute Gasteiger partial charge is 0.388 e. The summed E-state index contributed by atoms with van der Waals surface area (Å²) in [4.78, 5) is 10.2. The maximum atomic E-state index is 10.6. The zero-order valence-electron chi connectivity index (χ0n) is 12.0. The number of nitro groups is 1. The number of aryl methyl sites for hydroxylation is 1. The van der Waals surface area contributed by atoms with Gasteiger partial charge in [-0.25, -0.2) is 0 Å². The van der Waals surface area contributed by atoms with Crippen molar-refractivity contribution in [3.63, 3.8) is 0 Å². The predicted octanol–water partition coefficient (Wildman–Crippen LogP) is 2.66. The van der Waals surface area contributed by atoms with Crippen molar-refractivity contribution in [1.29, 1.82) is 0 Å². The minimum atomic E-state index is -0.699. The second kappa shape index (κ2) is 6.05. The zero-order valence-corrected chi connectivity index (χ0v) is 12.9. The molecule has 1 fully saturated rings. The first-order valence-corrected chi connectivity index (χ1v) is 8.01. The number of aliphatic hydroxyl groups is 1. The van der Waals surface area contributed by atoms with Crippen LogP contribution in [0.3, 0.4) is 0 Å². The summed E-state index contributed by atoms with van der Waals surface area (Å²) in [6, 6.07) is 6.47. The summed E-state index contributed by atoms with van der Waals surface area (Å²) in [7, 11) is 0. The van der Waals surface area contributed by atoms with Gasteiger partial charge in [-0.15, -0.1) is 10.2 Å². The van der Waals surface area contributed by atoms with Crippen LogP contribution < -0.4 is 0 Å². The summed E-state index contributed by atoms with van der Waals surface area (Å²) < 4.78 is 2.12. The number of hydrogen-bond acceptors (Lipinski definition) is 6. The Hall–Kier alpha value is -1.93. The Labute approximate surface area is 131 Å². The maximum absolute atomic E-state index is 10.6. The van der Waals surface area contributed by atoms with Gasteiger partial charge in [0.25, 0.3) is 5.69 Å². The fourth-order valence-electron chi connectivity index (χ4n) is 2.27. The highest BCUT2D eigenvalue weighted by atomic mass is 32.2. The third-order valence-electron chi connectivity index (χ3n) is 3.61. The van der Waals surface area contributed by atoms with E-state index < -0.39 is 11.0 Å². The normalized spacial score (nSPS) is 15.7. The molecule has 22 heavy (non-hydrogen) atoms. The zero-order chi connectivity index (χ0) is 15.7. The van der Waals surface area contributed by atoms with Crippen molar-refractivity contribution in [2.24, 2.45) is 0 Å². The molecule has 0 spiro atoms. The van der Waals surface area contributed by atoms with Crippen molar-refractivity contribution in [2.45, 2.75) is 37.1 Å². The van der Waals surface area contributed by atoms with Gasteiger partial charge < -0.3 is 9.67 Å². The van der Waals surface area contributed by atoms with E-state index in [1.54, 1.807) is 12.1 Å². The van der Waals surface area contributed by atoms with Gasteiger partial charge >= 0.3 is 0 Å². The van der Waals surface area contributed by atoms with Crippen LogP contribution in [-0.2, 0) is 0 Å². The number of aromatic nitrogens is 3. The fourth-order valence-corrected chi connectivity index (χ4v) is 3.29. The number of thioether (sulfide) groups is 1. The van der Waals surface area contributed by atoms with Crippen molar-refractivity contribution in [3.05, 3.63) is 45.8 Å². The molecule has 0 bridgehead atoms. The highest BCUT2D eigenvalue weighted by molar-refractivity contribution is 7.99. The third-order valence-corrected chi connectivity index (χ3v) is 4.62. The molecule has 0 radical (unpaired) electrons. The topological polar surface area (TPSA) is 94.1 Å². The summed E-state index contributed by atoms with van der Waals surface area (Å²) in [6.07, 6.45) is 1.60. The number of rotatable bonds is 6. The summed E-state index contributed by atoms with van der Waals surface area (Å²) in [5.74, 6) is 1.33. The Morgan fingerprint density at radius 3 is 2.68 bits per heavy atom. The van der Waals surface area contributed by atoms with Gasteiger partial charge in [0.05, 0.1) is 11.0 Å². The molecular weight excluding hydrogens is 304 g/mol. The average molecular weight is 320 g/mol. The van der Waals surface area contributed by atoms with Crippen molar-refractivity contribution < 1.29 is 10.0 Å². The van der Waals surface area contributed by atoms with Crippen molar-refractivity contribution in [1.82, 2.24) is 14.8 Å². The fraction of sp³-hybridized carbons (Fsp3) is 0.429. The predicted molar refractivity (Wildman–Crippen MR) is 81.8 cm³/mol. The van der Waals surface area contributed by atoms with Gasteiger partial charge in [0.2, 0.25) is 0 Å². The Morgan fingerprint density at radius 2 is 2.09 bits per heavy atom. The second-order valence-corrected chi connectivity index (χ2v) is 6.29. The first-order chi connectivity index (χ1) is 10.6. The Bertz CT molecular complexity index is 682. The first-order valence-electron chi connectivity index (χ1n) is 7.03. The summed E-state index contributed by atoms with van der Waals surface area (Å²) >= 11 is 1.46. The number of hydrogen-bond donors (Lipinski definition) is 1. The molecule has 2 aromatic rings. The van der Waals surface area contributed by atoms with Crippen LogP contribution in [0.25, 0.3) is 0 Å². The minimum Gasteiger partial charge on any atom is -0.388 e. The molecule has 7 nitrogen and oxygen atoms in total. The van der Waals surface area contributed by atoms with Crippen LogP contribution >= 0.6 is 11.8 Å². The number of nitrogens with zero attached hydrogens (tertiary/aromatic N) is 4. The van der Waals surface area contributed by atoms with E-state index in [9.17, 15) is 15.2 Å². The van der Waals surface area contributed by atoms with Gasteiger partial charge in [-0.2, -0.15) is 0 Å². The highest BCUT2D eigenvalue weighted by Gasteiger charge is 2.28. The molecule has 0 amide bonds. The monoisotopic (exact) mass is 320 g/mol. The number of nitro benzene ring substituents is 1. The molecule has 1 aromatic carbocycles. The van der Waals surface area contributed by atoms with E-state index in [0.29, 0.717) is 17.4 Å². The van der Waals surface area contributed by atoms with Gasteiger partial charge in [-0.1, -0.05) is 11.8 Å². The minimum absolute atomic E-state index is 0.0210. The standard InChI is InChI=1S/C14H16N4O3S/c1-9-15-16-14(17(9)11-6-7-11)22-8-13(19)10-2-4-12(5-3-10)18(20)21/h2-5,11,13,19H,6-8H2,1H3/t13-/m1/s1. The van der Waals surface area contributed by atoms with Crippen LogP contribution in [0, 0.1) is 17.0 Å². The van der Waals surface area contributed by atoms with E-state index in [4.69, 9.17) is 0 Å². The Kier molecular flexibility index (Phi) is 4.12. The maximum Gasteiger partial charge on any atom is 0.269 e. The molecule has 8 heteroatoms. The lowest BCUT2D eigenvalue weighted by molar-refractivity contribution is -0.384. The Morgan fingerprint density at radius 1 is 1.41 bits per heavy atom. The Balaban J connectivity index is 1.64. The first kappa shape index (κ1) is 15.0. The van der Waals surface area contributed by atoms with Gasteiger partial charge in [0.15, 0.2) is 5.16 Å². The molecule has 0 saturated heterocycles. The quantitative estimate of drug-likeness (QED) is 0.499. The van der Waals surface area contributed by atoms with E-state index in [1.807, 2.05) is 6.92 Å². The molecular formula is C14H16N4O3S. The third kappa shape index (κ3) is 3.12. The molecule has 1 saturated carbocycles. The lowest BCUT2D eigenvalue weighted by Crippen LogP contribution is -2.04. The van der Waals surface area contributed by atoms with Crippen LogP contribution in [0.4, 0.5) is 5.69 Å². The summed E-state index contributed by atoms with van der Waals surface area (Å²) in [5.41, 5.74) is 0.681. The molecule has 0 aliphatic heterocycles. The van der Waals surface area contributed by atoms with Crippen LogP contribution in [0.15, 0.2) is 29.4 Å². The smallest absolute Gasteiger partial charge is 0.269 e. The molecule has 1 heterocycles. The van der Waals surface area contributed by atoms with Gasteiger partial charge in [-0.05, 0) is 37.5 Å². The summed E-state index contributed by atoms with van der Waals surface area (Å²) in [6.45, 7) is 1.93. The molecule has 1 N–H and O–H groups in total. The molecule has 3 rings (SSSR count). The van der Waals surface area contributed by atoms with Crippen LogP contribution in [0.1, 0.15) is 36.4 Å². The summed E-state index contributed by atoms with van der Waals surface area (Å²) in [5, 5.41) is 29.9. The lowest BCUT2D eigenvalue weighted by atomic mass is 10.1. The van der Waals surface area contributed by atoms with E-state index in [1.165, 1.54) is 23.9 Å². The van der Waals surface area contributed by atoms with Crippen LogP contribution in [0.5, 0.6) is 0 Å². The molecule has 1 aromatic heterocycles. The van der Waals surface area contributed by atoms with E-state index in [0.717, 1.165) is 23.8 Å². The van der Waals surface area contributed by atoms with E-state index in [-0.39, 0.29) is 5.69 Å².